The van der Waals surface area contributed by atoms with Gasteiger partial charge < -0.3 is 9.05 Å². The second-order valence-electron chi connectivity index (χ2n) is 3.64. The summed E-state index contributed by atoms with van der Waals surface area (Å²) in [6, 6.07) is 9.06. The molecule has 0 bridgehead atoms. The molecule has 0 radical (unpaired) electrons. The SMILES string of the molecule is CCOP(=O)(OCC)C(c1ccccc1)S(C)=O. The minimum atomic E-state index is -3.41. The first-order valence-corrected chi connectivity index (χ1v) is 9.04. The Morgan fingerprint density at radius 2 is 1.67 bits per heavy atom. The predicted octanol–water partition coefficient (Wildman–Crippen LogP) is 3.33. The van der Waals surface area contributed by atoms with Gasteiger partial charge in [0.1, 0.15) is 0 Å². The van der Waals surface area contributed by atoms with Crippen LogP contribution in [0.4, 0.5) is 0 Å². The lowest BCUT2D eigenvalue weighted by Crippen LogP contribution is -2.11. The number of hydrogen-bond donors (Lipinski definition) is 0. The predicted molar refractivity (Wildman–Crippen MR) is 74.1 cm³/mol. The second kappa shape index (κ2) is 7.19. The molecule has 0 N–H and O–H groups in total. The zero-order valence-electron chi connectivity index (χ0n) is 10.9. The molecule has 2 atom stereocenters. The van der Waals surface area contributed by atoms with Crippen molar-refractivity contribution in [3.8, 4) is 0 Å². The van der Waals surface area contributed by atoms with E-state index in [0.717, 1.165) is 0 Å². The molecular weight excluding hydrogens is 271 g/mol. The Morgan fingerprint density at radius 1 is 1.17 bits per heavy atom. The van der Waals surface area contributed by atoms with Gasteiger partial charge in [0.25, 0.3) is 0 Å². The molecule has 18 heavy (non-hydrogen) atoms. The molecule has 0 aliphatic rings. The Kier molecular flexibility index (Phi) is 6.22. The van der Waals surface area contributed by atoms with Crippen molar-refractivity contribution in [3.05, 3.63) is 35.9 Å². The zero-order valence-corrected chi connectivity index (χ0v) is 12.6. The van der Waals surface area contributed by atoms with Crippen LogP contribution in [0.25, 0.3) is 0 Å². The second-order valence-corrected chi connectivity index (χ2v) is 7.57. The van der Waals surface area contributed by atoms with E-state index >= 15 is 0 Å². The Labute approximate surface area is 111 Å². The lowest BCUT2D eigenvalue weighted by atomic mass is 10.2. The minimum Gasteiger partial charge on any atom is -0.308 e. The Morgan fingerprint density at radius 3 is 2.06 bits per heavy atom. The molecule has 1 aromatic rings. The number of benzene rings is 1. The van der Waals surface area contributed by atoms with E-state index in [9.17, 15) is 8.77 Å². The van der Waals surface area contributed by atoms with Crippen LogP contribution in [-0.4, -0.2) is 23.7 Å². The Bertz CT molecular complexity index is 425. The highest BCUT2D eigenvalue weighted by Crippen LogP contribution is 2.62. The van der Waals surface area contributed by atoms with E-state index in [-0.39, 0.29) is 13.2 Å². The topological polar surface area (TPSA) is 52.6 Å². The summed E-state index contributed by atoms with van der Waals surface area (Å²) in [4.78, 5) is -0.737. The molecule has 0 aromatic heterocycles. The van der Waals surface area contributed by atoms with E-state index in [1.165, 1.54) is 6.26 Å². The van der Waals surface area contributed by atoms with Gasteiger partial charge in [-0.1, -0.05) is 30.3 Å². The maximum Gasteiger partial charge on any atom is 0.350 e. The summed E-state index contributed by atoms with van der Waals surface area (Å²) in [6.45, 7) is 4.01. The van der Waals surface area contributed by atoms with Crippen molar-refractivity contribution in [2.75, 3.05) is 19.5 Å². The fourth-order valence-corrected chi connectivity index (χ4v) is 5.67. The van der Waals surface area contributed by atoms with Crippen molar-refractivity contribution >= 4 is 18.4 Å². The molecular formula is C12H19O4PS. The Balaban J connectivity index is 3.18. The minimum absolute atomic E-state index is 0.262. The van der Waals surface area contributed by atoms with Gasteiger partial charge in [-0.15, -0.1) is 0 Å². The van der Waals surface area contributed by atoms with Crippen molar-refractivity contribution in [1.82, 2.24) is 0 Å². The molecule has 0 spiro atoms. The molecule has 0 fully saturated rings. The van der Waals surface area contributed by atoms with Crippen LogP contribution in [0.5, 0.6) is 0 Å². The summed E-state index contributed by atoms with van der Waals surface area (Å²) in [5.41, 5.74) is 0.712. The summed E-state index contributed by atoms with van der Waals surface area (Å²) in [6.07, 6.45) is 1.52. The van der Waals surface area contributed by atoms with E-state index < -0.39 is 23.4 Å². The molecule has 0 aliphatic carbocycles. The van der Waals surface area contributed by atoms with Crippen molar-refractivity contribution in [2.24, 2.45) is 0 Å². The first kappa shape index (κ1) is 15.6. The van der Waals surface area contributed by atoms with Crippen LogP contribution in [0, 0.1) is 0 Å². The fourth-order valence-electron chi connectivity index (χ4n) is 1.71. The van der Waals surface area contributed by atoms with Crippen molar-refractivity contribution in [1.29, 1.82) is 0 Å². The van der Waals surface area contributed by atoms with Gasteiger partial charge in [-0.3, -0.25) is 8.77 Å². The van der Waals surface area contributed by atoms with E-state index in [0.29, 0.717) is 5.56 Å². The van der Waals surface area contributed by atoms with Gasteiger partial charge >= 0.3 is 7.60 Å². The average Bonchev–Trinajstić information content (AvgIpc) is 2.30. The van der Waals surface area contributed by atoms with Gasteiger partial charge in [0.2, 0.25) is 0 Å². The van der Waals surface area contributed by atoms with Crippen molar-refractivity contribution in [3.63, 3.8) is 0 Å². The molecule has 102 valence electrons. The first-order valence-electron chi connectivity index (χ1n) is 5.81. The summed E-state index contributed by atoms with van der Waals surface area (Å²) < 4.78 is 35.2. The zero-order chi connectivity index (χ0) is 13.6. The van der Waals surface area contributed by atoms with Crippen LogP contribution in [0.3, 0.4) is 0 Å². The quantitative estimate of drug-likeness (QED) is 0.723. The highest BCUT2D eigenvalue weighted by molar-refractivity contribution is 7.92. The molecule has 0 saturated carbocycles. The van der Waals surface area contributed by atoms with Crippen molar-refractivity contribution in [2.45, 2.75) is 18.8 Å². The Hall–Kier alpha value is -0.480. The lowest BCUT2D eigenvalue weighted by molar-refractivity contribution is 0.218. The average molecular weight is 290 g/mol. The summed E-state index contributed by atoms with van der Waals surface area (Å²) in [7, 11) is -4.75. The smallest absolute Gasteiger partial charge is 0.308 e. The molecule has 6 heteroatoms. The number of rotatable bonds is 7. The molecule has 2 unspecified atom stereocenters. The molecule has 0 aliphatic heterocycles. The van der Waals surface area contributed by atoms with Crippen LogP contribution in [-0.2, 0) is 24.4 Å². The third-order valence-electron chi connectivity index (χ3n) is 2.30. The van der Waals surface area contributed by atoms with E-state index in [4.69, 9.17) is 9.05 Å². The first-order chi connectivity index (χ1) is 8.55. The maximum atomic E-state index is 12.7. The lowest BCUT2D eigenvalue weighted by Gasteiger charge is -2.24. The third-order valence-corrected chi connectivity index (χ3v) is 6.98. The molecule has 1 aromatic carbocycles. The summed E-state index contributed by atoms with van der Waals surface area (Å²) >= 11 is 0. The molecule has 4 nitrogen and oxygen atoms in total. The maximum absolute atomic E-state index is 12.7. The highest BCUT2D eigenvalue weighted by Gasteiger charge is 2.39. The molecule has 0 saturated heterocycles. The largest absolute Gasteiger partial charge is 0.350 e. The molecule has 0 heterocycles. The summed E-state index contributed by atoms with van der Waals surface area (Å²) in [5.74, 6) is 0. The van der Waals surface area contributed by atoms with Gasteiger partial charge in [0, 0.05) is 17.1 Å². The van der Waals surface area contributed by atoms with Gasteiger partial charge in [-0.05, 0) is 19.4 Å². The number of hydrogen-bond acceptors (Lipinski definition) is 4. The molecule has 0 amide bonds. The van der Waals surface area contributed by atoms with Crippen molar-refractivity contribution < 1.29 is 17.8 Å². The van der Waals surface area contributed by atoms with Crippen LogP contribution in [0.1, 0.15) is 24.4 Å². The highest BCUT2D eigenvalue weighted by atomic mass is 32.2. The van der Waals surface area contributed by atoms with Gasteiger partial charge in [0.05, 0.1) is 13.2 Å². The van der Waals surface area contributed by atoms with Crippen LogP contribution in [0.2, 0.25) is 0 Å². The van der Waals surface area contributed by atoms with E-state index in [1.807, 2.05) is 18.2 Å². The standard InChI is InChI=1S/C12H19O4PS/c1-4-15-17(13,16-5-2)12(18(3)14)11-9-7-6-8-10-11/h6-10,12H,4-5H2,1-3H3. The van der Waals surface area contributed by atoms with E-state index in [2.05, 4.69) is 0 Å². The summed E-state index contributed by atoms with van der Waals surface area (Å²) in [5, 5.41) is 0. The fraction of sp³-hybridized carbons (Fsp3) is 0.500. The van der Waals surface area contributed by atoms with Crippen LogP contribution < -0.4 is 0 Å². The third kappa shape index (κ3) is 3.75. The normalized spacial score (nSPS) is 15.3. The monoisotopic (exact) mass is 290 g/mol. The van der Waals surface area contributed by atoms with E-state index in [1.54, 1.807) is 26.0 Å². The van der Waals surface area contributed by atoms with Crippen LogP contribution in [0.15, 0.2) is 30.3 Å². The van der Waals surface area contributed by atoms with Gasteiger partial charge in [-0.25, -0.2) is 0 Å². The molecule has 1 rings (SSSR count). The van der Waals surface area contributed by atoms with Crippen LogP contribution >= 0.6 is 7.60 Å². The van der Waals surface area contributed by atoms with Gasteiger partial charge in [0.15, 0.2) is 4.99 Å². The van der Waals surface area contributed by atoms with Gasteiger partial charge in [-0.2, -0.15) is 0 Å².